The molecule has 0 spiro atoms. The topological polar surface area (TPSA) is 93.5 Å². The Balaban J connectivity index is 1.50. The van der Waals surface area contributed by atoms with Gasteiger partial charge in [-0.1, -0.05) is 23.7 Å². The maximum Gasteiger partial charge on any atom is 0.262 e. The van der Waals surface area contributed by atoms with Crippen molar-refractivity contribution in [3.05, 3.63) is 47.4 Å². The first-order valence-electron chi connectivity index (χ1n) is 8.56. The van der Waals surface area contributed by atoms with Crippen LogP contribution in [0.4, 0.5) is 0 Å². The van der Waals surface area contributed by atoms with Crippen LogP contribution in [0.1, 0.15) is 5.56 Å². The highest BCUT2D eigenvalue weighted by Crippen LogP contribution is 2.15. The molecule has 146 valence electrons. The molecule has 2 heterocycles. The molecule has 0 unspecified atom stereocenters. The van der Waals surface area contributed by atoms with Crippen molar-refractivity contribution in [1.82, 2.24) is 19.2 Å². The van der Waals surface area contributed by atoms with Gasteiger partial charge in [0.05, 0.1) is 19.5 Å². The van der Waals surface area contributed by atoms with Crippen molar-refractivity contribution in [3.8, 4) is 0 Å². The second-order valence-electron chi connectivity index (χ2n) is 6.13. The quantitative estimate of drug-likeness (QED) is 0.729. The number of halogens is 1. The number of aromatic nitrogens is 2. The average molecular weight is 413 g/mol. The number of carbonyl (C=O) groups is 1. The van der Waals surface area contributed by atoms with Crippen LogP contribution in [0.15, 0.2) is 41.8 Å². The number of benzene rings is 1. The smallest absolute Gasteiger partial charge is 0.262 e. The van der Waals surface area contributed by atoms with Gasteiger partial charge < -0.3 is 14.6 Å². The monoisotopic (exact) mass is 412 g/mol. The van der Waals surface area contributed by atoms with Crippen molar-refractivity contribution in [2.24, 2.45) is 0 Å². The highest BCUT2D eigenvalue weighted by Gasteiger charge is 2.28. The van der Waals surface area contributed by atoms with Crippen molar-refractivity contribution >= 4 is 27.5 Å². The summed E-state index contributed by atoms with van der Waals surface area (Å²) in [6.07, 6.45) is 3.42. The standard InChI is InChI=1S/C17H21ClN4O4S/c18-15-3-1-14(2-4-15)5-6-19-16(23)11-21-12-17(20-13-21)27(24,25)22-7-9-26-10-8-22/h1-4,12-13H,5-11H2,(H,19,23). The van der Waals surface area contributed by atoms with Crippen LogP contribution in [0.3, 0.4) is 0 Å². The Morgan fingerprint density at radius 3 is 2.63 bits per heavy atom. The summed E-state index contributed by atoms with van der Waals surface area (Å²) in [5.74, 6) is -0.211. The van der Waals surface area contributed by atoms with Gasteiger partial charge in [0.15, 0.2) is 5.03 Å². The first kappa shape index (κ1) is 19.8. The molecule has 8 nitrogen and oxygen atoms in total. The van der Waals surface area contributed by atoms with Gasteiger partial charge in [-0.15, -0.1) is 0 Å². The van der Waals surface area contributed by atoms with E-state index in [1.54, 1.807) is 12.1 Å². The molecule has 1 aliphatic rings. The summed E-state index contributed by atoms with van der Waals surface area (Å²) in [6, 6.07) is 7.43. The molecule has 0 atom stereocenters. The average Bonchev–Trinajstić information content (AvgIpc) is 3.13. The van der Waals surface area contributed by atoms with Crippen molar-refractivity contribution in [2.75, 3.05) is 32.8 Å². The van der Waals surface area contributed by atoms with Gasteiger partial charge in [-0.3, -0.25) is 4.79 Å². The van der Waals surface area contributed by atoms with Crippen LogP contribution in [0.5, 0.6) is 0 Å². The van der Waals surface area contributed by atoms with Gasteiger partial charge in [0, 0.05) is 30.9 Å². The number of nitrogens with one attached hydrogen (secondary N) is 1. The Labute approximate surface area is 163 Å². The summed E-state index contributed by atoms with van der Waals surface area (Å²) in [4.78, 5) is 16.0. The fourth-order valence-corrected chi connectivity index (χ4v) is 4.17. The normalized spacial score (nSPS) is 15.6. The van der Waals surface area contributed by atoms with Crippen LogP contribution >= 0.6 is 11.6 Å². The minimum Gasteiger partial charge on any atom is -0.379 e. The van der Waals surface area contributed by atoms with E-state index in [9.17, 15) is 13.2 Å². The van der Waals surface area contributed by atoms with E-state index in [0.717, 1.165) is 5.56 Å². The lowest BCUT2D eigenvalue weighted by Gasteiger charge is -2.24. The fourth-order valence-electron chi connectivity index (χ4n) is 2.70. The number of ether oxygens (including phenoxy) is 1. The number of nitrogens with zero attached hydrogens (tertiary/aromatic N) is 3. The maximum atomic E-state index is 12.5. The molecule has 0 radical (unpaired) electrons. The zero-order chi connectivity index (χ0) is 19.3. The Hall–Kier alpha value is -1.94. The molecule has 2 aromatic rings. The van der Waals surface area contributed by atoms with Gasteiger partial charge >= 0.3 is 0 Å². The van der Waals surface area contributed by atoms with Crippen LogP contribution in [0, 0.1) is 0 Å². The molecule has 1 amide bonds. The minimum absolute atomic E-state index is 0.00620. The van der Waals surface area contributed by atoms with E-state index in [-0.39, 0.29) is 17.5 Å². The Morgan fingerprint density at radius 2 is 1.93 bits per heavy atom. The molecule has 0 aliphatic carbocycles. The van der Waals surface area contributed by atoms with Gasteiger partial charge in [-0.25, -0.2) is 13.4 Å². The lowest BCUT2D eigenvalue weighted by molar-refractivity contribution is -0.121. The number of hydrogen-bond acceptors (Lipinski definition) is 5. The second-order valence-corrected chi connectivity index (χ2v) is 8.45. The zero-order valence-corrected chi connectivity index (χ0v) is 16.2. The number of morpholine rings is 1. The number of carbonyl (C=O) groups excluding carboxylic acids is 1. The third kappa shape index (κ3) is 5.29. The molecule has 0 saturated carbocycles. The number of imidazole rings is 1. The lowest BCUT2D eigenvalue weighted by Crippen LogP contribution is -2.40. The Kier molecular flexibility index (Phi) is 6.48. The molecule has 1 aliphatic heterocycles. The van der Waals surface area contributed by atoms with Crippen LogP contribution in [0.25, 0.3) is 0 Å². The molecule has 1 N–H and O–H groups in total. The molecule has 1 aromatic heterocycles. The highest BCUT2D eigenvalue weighted by molar-refractivity contribution is 7.89. The molecular formula is C17H21ClN4O4S. The van der Waals surface area contributed by atoms with Crippen molar-refractivity contribution in [2.45, 2.75) is 18.0 Å². The van der Waals surface area contributed by atoms with Crippen LogP contribution in [0.2, 0.25) is 5.02 Å². The summed E-state index contributed by atoms with van der Waals surface area (Å²) in [6.45, 7) is 1.84. The predicted molar refractivity (Wildman–Crippen MR) is 100.0 cm³/mol. The second kappa shape index (κ2) is 8.83. The van der Waals surface area contributed by atoms with E-state index in [1.165, 1.54) is 21.4 Å². The summed E-state index contributed by atoms with van der Waals surface area (Å²) in [5, 5.41) is 3.42. The third-order valence-corrected chi connectivity index (χ3v) is 6.20. The summed E-state index contributed by atoms with van der Waals surface area (Å²) in [5.41, 5.74) is 1.07. The van der Waals surface area contributed by atoms with E-state index in [0.29, 0.717) is 44.3 Å². The van der Waals surface area contributed by atoms with Crippen LogP contribution in [-0.2, 0) is 32.5 Å². The van der Waals surface area contributed by atoms with E-state index in [4.69, 9.17) is 16.3 Å². The van der Waals surface area contributed by atoms with E-state index in [2.05, 4.69) is 10.3 Å². The first-order chi connectivity index (χ1) is 12.9. The van der Waals surface area contributed by atoms with Gasteiger partial charge in [0.1, 0.15) is 6.54 Å². The molecule has 3 rings (SSSR count). The number of sulfonamides is 1. The summed E-state index contributed by atoms with van der Waals surface area (Å²) in [7, 11) is -3.65. The molecule has 0 bridgehead atoms. The van der Waals surface area contributed by atoms with Crippen LogP contribution < -0.4 is 5.32 Å². The van der Waals surface area contributed by atoms with Crippen molar-refractivity contribution in [1.29, 1.82) is 0 Å². The highest BCUT2D eigenvalue weighted by atomic mass is 35.5. The maximum absolute atomic E-state index is 12.5. The molecule has 1 fully saturated rings. The van der Waals surface area contributed by atoms with Crippen molar-refractivity contribution < 1.29 is 17.9 Å². The van der Waals surface area contributed by atoms with E-state index >= 15 is 0 Å². The third-order valence-electron chi connectivity index (χ3n) is 4.16. The lowest BCUT2D eigenvalue weighted by atomic mass is 10.1. The molecule has 27 heavy (non-hydrogen) atoms. The predicted octanol–water partition coefficient (Wildman–Crippen LogP) is 0.916. The zero-order valence-electron chi connectivity index (χ0n) is 14.7. The fraction of sp³-hybridized carbons (Fsp3) is 0.412. The number of rotatable bonds is 7. The van der Waals surface area contributed by atoms with Crippen molar-refractivity contribution in [3.63, 3.8) is 0 Å². The Bertz CT molecular complexity index is 877. The largest absolute Gasteiger partial charge is 0.379 e. The van der Waals surface area contributed by atoms with E-state index < -0.39 is 10.0 Å². The van der Waals surface area contributed by atoms with Gasteiger partial charge in [-0.2, -0.15) is 4.31 Å². The molecule has 1 aromatic carbocycles. The minimum atomic E-state index is -3.65. The SMILES string of the molecule is O=C(Cn1cnc(S(=O)(=O)N2CCOCC2)c1)NCCc1ccc(Cl)cc1. The molecular weight excluding hydrogens is 392 g/mol. The number of hydrogen-bond donors (Lipinski definition) is 1. The summed E-state index contributed by atoms with van der Waals surface area (Å²) >= 11 is 5.84. The van der Waals surface area contributed by atoms with Gasteiger partial charge in [0.2, 0.25) is 5.91 Å². The summed E-state index contributed by atoms with van der Waals surface area (Å²) < 4.78 is 33.0. The first-order valence-corrected chi connectivity index (χ1v) is 10.4. The number of amides is 1. The van der Waals surface area contributed by atoms with E-state index in [1.807, 2.05) is 12.1 Å². The molecule has 1 saturated heterocycles. The molecule has 10 heteroatoms. The Morgan fingerprint density at radius 1 is 1.22 bits per heavy atom. The van der Waals surface area contributed by atoms with Gasteiger partial charge in [-0.05, 0) is 24.1 Å². The van der Waals surface area contributed by atoms with Crippen LogP contribution in [-0.4, -0.2) is 61.0 Å². The van der Waals surface area contributed by atoms with Gasteiger partial charge in [0.25, 0.3) is 10.0 Å².